The summed E-state index contributed by atoms with van der Waals surface area (Å²) >= 11 is 0. The molecule has 3 atom stereocenters. The average molecular weight is 404 g/mol. The Morgan fingerprint density at radius 2 is 1.92 bits per heavy atom. The molecule has 2 rings (SSSR count). The number of amides is 1. The summed E-state index contributed by atoms with van der Waals surface area (Å²) < 4.78 is 0. The highest BCUT2D eigenvalue weighted by molar-refractivity contribution is 5.85. The van der Waals surface area contributed by atoms with Gasteiger partial charge in [-0.15, -0.1) is 24.8 Å². The van der Waals surface area contributed by atoms with Crippen molar-refractivity contribution in [2.75, 3.05) is 19.6 Å². The van der Waals surface area contributed by atoms with Crippen LogP contribution in [0.15, 0.2) is 30.3 Å². The van der Waals surface area contributed by atoms with E-state index in [4.69, 9.17) is 5.73 Å². The van der Waals surface area contributed by atoms with Crippen LogP contribution in [0.25, 0.3) is 0 Å². The second kappa shape index (κ2) is 13.4. The van der Waals surface area contributed by atoms with Crippen LogP contribution in [0.3, 0.4) is 0 Å². The number of unbranched alkanes of at least 4 members (excludes halogenated alkanes) is 1. The van der Waals surface area contributed by atoms with Gasteiger partial charge in [0, 0.05) is 18.6 Å². The summed E-state index contributed by atoms with van der Waals surface area (Å²) in [6.07, 6.45) is 6.20. The van der Waals surface area contributed by atoms with Crippen molar-refractivity contribution in [1.29, 1.82) is 0 Å². The fourth-order valence-electron chi connectivity index (χ4n) is 3.43. The number of carbonyl (C=O) groups excluding carboxylic acids is 1. The Morgan fingerprint density at radius 1 is 1.23 bits per heavy atom. The highest BCUT2D eigenvalue weighted by Crippen LogP contribution is 2.19. The molecule has 1 amide bonds. The van der Waals surface area contributed by atoms with E-state index in [-0.39, 0.29) is 42.7 Å². The van der Waals surface area contributed by atoms with E-state index in [0.717, 1.165) is 37.5 Å². The molecule has 1 aromatic carbocycles. The van der Waals surface area contributed by atoms with Gasteiger partial charge in [0.15, 0.2) is 0 Å². The number of rotatable bonds is 8. The standard InChI is InChI=1S/C20H33N3O.2ClH/c1-16-10-6-8-14-23(16)15-9-7-13-22-20(24)17(2)19(21)18-11-4-3-5-12-18;;/h3-5,11-12,16-17,19H,6-10,13-15,21H2,1-2H3,(H,22,24);2*1H. The van der Waals surface area contributed by atoms with Crippen molar-refractivity contribution >= 4 is 30.7 Å². The number of piperidine rings is 1. The molecule has 1 fully saturated rings. The lowest BCUT2D eigenvalue weighted by atomic mass is 9.94. The Hall–Kier alpha value is -0.810. The molecule has 0 aromatic heterocycles. The van der Waals surface area contributed by atoms with Crippen molar-refractivity contribution in [2.45, 2.75) is 58.0 Å². The Labute approximate surface area is 171 Å². The van der Waals surface area contributed by atoms with Crippen LogP contribution < -0.4 is 11.1 Å². The molecule has 1 aliphatic heterocycles. The number of nitrogens with two attached hydrogens (primary N) is 1. The van der Waals surface area contributed by atoms with Crippen molar-refractivity contribution in [3.63, 3.8) is 0 Å². The number of nitrogens with one attached hydrogen (secondary N) is 1. The van der Waals surface area contributed by atoms with Gasteiger partial charge in [-0.05, 0) is 51.3 Å². The molecule has 4 nitrogen and oxygen atoms in total. The van der Waals surface area contributed by atoms with Gasteiger partial charge >= 0.3 is 0 Å². The van der Waals surface area contributed by atoms with E-state index in [1.807, 2.05) is 37.3 Å². The number of carbonyl (C=O) groups is 1. The minimum Gasteiger partial charge on any atom is -0.356 e. The number of likely N-dealkylation sites (tertiary alicyclic amines) is 1. The van der Waals surface area contributed by atoms with Gasteiger partial charge in [-0.3, -0.25) is 4.79 Å². The number of nitrogens with zero attached hydrogens (tertiary/aromatic N) is 1. The number of hydrogen-bond acceptors (Lipinski definition) is 3. The predicted octanol–water partition coefficient (Wildman–Crippen LogP) is 3.94. The zero-order valence-corrected chi connectivity index (χ0v) is 17.7. The average Bonchev–Trinajstić information content (AvgIpc) is 2.62. The lowest BCUT2D eigenvalue weighted by Gasteiger charge is -2.33. The van der Waals surface area contributed by atoms with Crippen molar-refractivity contribution in [1.82, 2.24) is 10.2 Å². The maximum atomic E-state index is 12.3. The van der Waals surface area contributed by atoms with Gasteiger partial charge in [-0.2, -0.15) is 0 Å². The van der Waals surface area contributed by atoms with E-state index in [0.29, 0.717) is 0 Å². The first-order valence-electron chi connectivity index (χ1n) is 9.42. The Morgan fingerprint density at radius 3 is 2.58 bits per heavy atom. The SMILES string of the molecule is CC(C(=O)NCCCCN1CCCCC1C)C(N)c1ccccc1.Cl.Cl. The molecular weight excluding hydrogens is 369 g/mol. The molecule has 0 spiro atoms. The van der Waals surface area contributed by atoms with E-state index < -0.39 is 0 Å². The zero-order chi connectivity index (χ0) is 17.4. The summed E-state index contributed by atoms with van der Waals surface area (Å²) in [4.78, 5) is 14.9. The lowest BCUT2D eigenvalue weighted by Crippen LogP contribution is -2.38. The second-order valence-electron chi connectivity index (χ2n) is 7.10. The highest BCUT2D eigenvalue weighted by atomic mass is 35.5. The normalized spacial score (nSPS) is 19.6. The topological polar surface area (TPSA) is 58.4 Å². The Balaban J connectivity index is 0.00000312. The quantitative estimate of drug-likeness (QED) is 0.646. The molecule has 1 aromatic rings. The van der Waals surface area contributed by atoms with E-state index in [2.05, 4.69) is 17.1 Å². The third-order valence-corrected chi connectivity index (χ3v) is 5.25. The number of hydrogen-bond donors (Lipinski definition) is 2. The summed E-state index contributed by atoms with van der Waals surface area (Å²) in [5.74, 6) is -0.160. The van der Waals surface area contributed by atoms with Crippen LogP contribution in [-0.4, -0.2) is 36.5 Å². The van der Waals surface area contributed by atoms with E-state index in [1.54, 1.807) is 0 Å². The fraction of sp³-hybridized carbons (Fsp3) is 0.650. The fourth-order valence-corrected chi connectivity index (χ4v) is 3.43. The van der Waals surface area contributed by atoms with Crippen LogP contribution in [-0.2, 0) is 4.79 Å². The van der Waals surface area contributed by atoms with Crippen LogP contribution in [0.4, 0.5) is 0 Å². The molecule has 6 heteroatoms. The smallest absolute Gasteiger partial charge is 0.224 e. The molecule has 1 saturated heterocycles. The van der Waals surface area contributed by atoms with Gasteiger partial charge in [0.25, 0.3) is 0 Å². The molecule has 0 bridgehead atoms. The summed E-state index contributed by atoms with van der Waals surface area (Å²) in [6.45, 7) is 7.36. The minimum absolute atomic E-state index is 0. The van der Waals surface area contributed by atoms with Crippen LogP contribution in [0.2, 0.25) is 0 Å². The summed E-state index contributed by atoms with van der Waals surface area (Å²) in [6, 6.07) is 10.3. The van der Waals surface area contributed by atoms with Crippen LogP contribution >= 0.6 is 24.8 Å². The van der Waals surface area contributed by atoms with Crippen LogP contribution in [0, 0.1) is 5.92 Å². The van der Waals surface area contributed by atoms with Crippen molar-refractivity contribution < 1.29 is 4.79 Å². The zero-order valence-electron chi connectivity index (χ0n) is 16.0. The maximum Gasteiger partial charge on any atom is 0.224 e. The summed E-state index contributed by atoms with van der Waals surface area (Å²) in [7, 11) is 0. The first kappa shape index (κ1) is 25.2. The van der Waals surface area contributed by atoms with E-state index in [1.165, 1.54) is 25.8 Å². The van der Waals surface area contributed by atoms with Gasteiger partial charge in [0.2, 0.25) is 5.91 Å². The molecule has 1 aliphatic rings. The van der Waals surface area contributed by atoms with Crippen molar-refractivity contribution in [3.8, 4) is 0 Å². The molecule has 0 radical (unpaired) electrons. The minimum atomic E-state index is -0.250. The maximum absolute atomic E-state index is 12.3. The molecule has 150 valence electrons. The van der Waals surface area contributed by atoms with Crippen LogP contribution in [0.5, 0.6) is 0 Å². The van der Waals surface area contributed by atoms with Crippen LogP contribution in [0.1, 0.15) is 57.6 Å². The van der Waals surface area contributed by atoms with Crippen molar-refractivity contribution in [3.05, 3.63) is 35.9 Å². The summed E-state index contributed by atoms with van der Waals surface area (Å²) in [5.41, 5.74) is 7.23. The third kappa shape index (κ3) is 7.83. The molecule has 26 heavy (non-hydrogen) atoms. The van der Waals surface area contributed by atoms with E-state index in [9.17, 15) is 4.79 Å². The number of benzene rings is 1. The lowest BCUT2D eigenvalue weighted by molar-refractivity contribution is -0.125. The monoisotopic (exact) mass is 403 g/mol. The molecule has 1 heterocycles. The Kier molecular flexibility index (Phi) is 13.0. The molecular formula is C20H35Cl2N3O. The highest BCUT2D eigenvalue weighted by Gasteiger charge is 2.21. The number of halogens is 2. The first-order valence-corrected chi connectivity index (χ1v) is 9.42. The van der Waals surface area contributed by atoms with Gasteiger partial charge in [-0.1, -0.05) is 43.7 Å². The molecule has 3 unspecified atom stereocenters. The van der Waals surface area contributed by atoms with Gasteiger partial charge < -0.3 is 16.0 Å². The summed E-state index contributed by atoms with van der Waals surface area (Å²) in [5, 5.41) is 3.04. The third-order valence-electron chi connectivity index (χ3n) is 5.25. The molecule has 3 N–H and O–H groups in total. The molecule has 0 aliphatic carbocycles. The van der Waals surface area contributed by atoms with Gasteiger partial charge in [-0.25, -0.2) is 0 Å². The largest absolute Gasteiger partial charge is 0.356 e. The first-order chi connectivity index (χ1) is 11.6. The van der Waals surface area contributed by atoms with Crippen molar-refractivity contribution in [2.24, 2.45) is 11.7 Å². The predicted molar refractivity (Wildman–Crippen MR) is 114 cm³/mol. The van der Waals surface area contributed by atoms with E-state index >= 15 is 0 Å². The van der Waals surface area contributed by atoms with Gasteiger partial charge in [0.05, 0.1) is 5.92 Å². The Bertz CT molecular complexity index is 501. The van der Waals surface area contributed by atoms with Gasteiger partial charge in [0.1, 0.15) is 0 Å². The second-order valence-corrected chi connectivity index (χ2v) is 7.10. The molecule has 0 saturated carbocycles.